The van der Waals surface area contributed by atoms with E-state index in [-0.39, 0.29) is 9.74 Å². The molecule has 4 unspecified atom stereocenters. The van der Waals surface area contributed by atoms with E-state index >= 15 is 0 Å². The Balaban J connectivity index is 1.44. The molecule has 23 heavy (non-hydrogen) atoms. The number of methoxy groups -OCH3 is 2. The van der Waals surface area contributed by atoms with Crippen molar-refractivity contribution < 1.29 is 28.5 Å². The van der Waals surface area contributed by atoms with Crippen LogP contribution in [0, 0.1) is 46.8 Å². The van der Waals surface area contributed by atoms with Crippen LogP contribution in [-0.2, 0) is 28.5 Å². The van der Waals surface area contributed by atoms with E-state index in [2.05, 4.69) is 15.9 Å². The summed E-state index contributed by atoms with van der Waals surface area (Å²) in [5.41, 5.74) is -0.268. The zero-order valence-electron chi connectivity index (χ0n) is 12.8. The Bertz CT molecular complexity index is 633. The van der Waals surface area contributed by atoms with Gasteiger partial charge < -0.3 is 18.9 Å². The van der Waals surface area contributed by atoms with Gasteiger partial charge in [-0.15, -0.1) is 0 Å². The van der Waals surface area contributed by atoms with E-state index in [4.69, 9.17) is 18.9 Å². The normalized spacial score (nSPS) is 57.2. The summed E-state index contributed by atoms with van der Waals surface area (Å²) in [4.78, 5) is 24.7. The van der Waals surface area contributed by atoms with Crippen molar-refractivity contribution in [3.05, 3.63) is 0 Å². The third-order valence-electron chi connectivity index (χ3n) is 8.09. The molecule has 7 fully saturated rings. The number of ether oxygens (including phenoxy) is 4. The Hall–Kier alpha value is -0.660. The fraction of sp³-hybridized carbons (Fsp3) is 0.875. The van der Waals surface area contributed by atoms with Crippen LogP contribution >= 0.6 is 15.9 Å². The molecule has 0 aromatic heterocycles. The predicted molar refractivity (Wildman–Crippen MR) is 77.2 cm³/mol. The molecule has 2 bridgehead atoms. The Labute approximate surface area is 141 Å². The third-order valence-corrected chi connectivity index (χ3v) is 9.70. The molecule has 1 heterocycles. The molecule has 0 aromatic carbocycles. The minimum Gasteiger partial charge on any atom is -0.468 e. The molecule has 1 spiro atoms. The van der Waals surface area contributed by atoms with E-state index in [0.29, 0.717) is 48.7 Å². The van der Waals surface area contributed by atoms with Crippen LogP contribution in [0.2, 0.25) is 0 Å². The van der Waals surface area contributed by atoms with E-state index < -0.39 is 23.6 Å². The van der Waals surface area contributed by atoms with Crippen molar-refractivity contribution in [1.82, 2.24) is 0 Å². The SMILES string of the molecule is COC(=O)C(C(=O)OC)C12C3[C@@H]4[C@H]1C1[C@H]2[C@@H]3C4(Br)C12OCCO2. The fourth-order valence-corrected chi connectivity index (χ4v) is 9.65. The second-order valence-corrected chi connectivity index (χ2v) is 9.08. The molecule has 1 saturated heterocycles. The lowest BCUT2D eigenvalue weighted by Crippen LogP contribution is -2.94. The maximum atomic E-state index is 12.3. The molecular formula is C16H17BrO6. The fourth-order valence-electron chi connectivity index (χ4n) is 8.02. The van der Waals surface area contributed by atoms with Crippen molar-refractivity contribution in [2.45, 2.75) is 10.1 Å². The zero-order valence-corrected chi connectivity index (χ0v) is 14.4. The summed E-state index contributed by atoms with van der Waals surface area (Å²) in [6, 6.07) is 0. The minimum absolute atomic E-state index is 0.111. The average Bonchev–Trinajstić information content (AvgIpc) is 3.09. The van der Waals surface area contributed by atoms with Crippen molar-refractivity contribution in [2.75, 3.05) is 27.4 Å². The van der Waals surface area contributed by atoms with Crippen molar-refractivity contribution >= 4 is 27.9 Å². The topological polar surface area (TPSA) is 71.1 Å². The molecule has 8 atom stereocenters. The molecule has 0 radical (unpaired) electrons. The number of hydrogen-bond acceptors (Lipinski definition) is 6. The molecule has 0 amide bonds. The minimum atomic E-state index is -0.796. The Morgan fingerprint density at radius 3 is 1.91 bits per heavy atom. The van der Waals surface area contributed by atoms with Crippen LogP contribution in [0.5, 0.6) is 0 Å². The molecule has 1 aliphatic heterocycles. The Morgan fingerprint density at radius 2 is 1.43 bits per heavy atom. The number of rotatable bonds is 3. The molecule has 0 N–H and O–H groups in total. The molecule has 7 rings (SSSR count). The zero-order chi connectivity index (χ0) is 15.9. The second-order valence-electron chi connectivity index (χ2n) is 7.77. The van der Waals surface area contributed by atoms with Crippen LogP contribution in [0.1, 0.15) is 0 Å². The van der Waals surface area contributed by atoms with Crippen LogP contribution in [0.3, 0.4) is 0 Å². The molecule has 6 aliphatic carbocycles. The van der Waals surface area contributed by atoms with Crippen molar-refractivity contribution in [3.63, 3.8) is 0 Å². The maximum absolute atomic E-state index is 12.3. The van der Waals surface area contributed by atoms with E-state index in [0.717, 1.165) is 0 Å². The lowest BCUT2D eigenvalue weighted by Gasteiger charge is -2.92. The maximum Gasteiger partial charge on any atom is 0.320 e. The van der Waals surface area contributed by atoms with Gasteiger partial charge in [-0.3, -0.25) is 9.59 Å². The van der Waals surface area contributed by atoms with Crippen LogP contribution in [0.15, 0.2) is 0 Å². The summed E-state index contributed by atoms with van der Waals surface area (Å²) in [5, 5.41) is 0. The quantitative estimate of drug-likeness (QED) is 0.402. The molecule has 0 aromatic rings. The van der Waals surface area contributed by atoms with Crippen molar-refractivity contribution in [2.24, 2.45) is 46.8 Å². The van der Waals surface area contributed by atoms with Gasteiger partial charge in [-0.2, -0.15) is 0 Å². The Kier molecular flexibility index (Phi) is 2.06. The molecule has 7 aliphatic rings. The first kappa shape index (κ1) is 13.6. The van der Waals surface area contributed by atoms with Gasteiger partial charge in [0.2, 0.25) is 0 Å². The number of hydrogen-bond donors (Lipinski definition) is 0. The number of halogens is 1. The van der Waals surface area contributed by atoms with Gasteiger partial charge in [-0.05, 0) is 29.6 Å². The standard InChI is InChI=1S/C16H17BrO6/c1-20-12(18)11(13(19)21-2)14-5-8-6(14)10-7(14)9(5)15(8,17)16(10)22-3-4-23-16/h5-11H,3-4H2,1-2H3/t5?,6-,7+,8-,9-,10?,14?,15?/m1/s1. The van der Waals surface area contributed by atoms with Gasteiger partial charge in [0.15, 0.2) is 11.7 Å². The van der Waals surface area contributed by atoms with Crippen molar-refractivity contribution in [3.8, 4) is 0 Å². The molecule has 6 nitrogen and oxygen atoms in total. The summed E-state index contributed by atoms with van der Waals surface area (Å²) >= 11 is 3.97. The molecule has 124 valence electrons. The summed E-state index contributed by atoms with van der Waals surface area (Å²) < 4.78 is 22.0. The third kappa shape index (κ3) is 0.878. The van der Waals surface area contributed by atoms with Gasteiger partial charge in [0, 0.05) is 11.3 Å². The summed E-state index contributed by atoms with van der Waals surface area (Å²) in [7, 11) is 2.67. The largest absolute Gasteiger partial charge is 0.468 e. The monoisotopic (exact) mass is 384 g/mol. The number of carbonyl (C=O) groups is 2. The van der Waals surface area contributed by atoms with Crippen molar-refractivity contribution in [1.29, 1.82) is 0 Å². The highest BCUT2D eigenvalue weighted by Gasteiger charge is 3.10. The van der Waals surface area contributed by atoms with Crippen LogP contribution in [0.25, 0.3) is 0 Å². The molecule has 6 saturated carbocycles. The summed E-state index contributed by atoms with van der Waals surface area (Å²) in [6.45, 7) is 1.25. The number of alkyl halides is 1. The van der Waals surface area contributed by atoms with Gasteiger partial charge in [0.25, 0.3) is 0 Å². The first-order chi connectivity index (χ1) is 11.0. The van der Waals surface area contributed by atoms with Gasteiger partial charge in [0.1, 0.15) is 0 Å². The van der Waals surface area contributed by atoms with Gasteiger partial charge in [-0.25, -0.2) is 0 Å². The lowest BCUT2D eigenvalue weighted by atomic mass is 9.11. The van der Waals surface area contributed by atoms with Crippen LogP contribution < -0.4 is 0 Å². The van der Waals surface area contributed by atoms with Crippen LogP contribution in [0.4, 0.5) is 0 Å². The molecule has 7 heteroatoms. The van der Waals surface area contributed by atoms with Gasteiger partial charge in [-0.1, -0.05) is 15.9 Å². The van der Waals surface area contributed by atoms with Crippen LogP contribution in [-0.4, -0.2) is 49.5 Å². The van der Waals surface area contributed by atoms with E-state index in [1.807, 2.05) is 0 Å². The smallest absolute Gasteiger partial charge is 0.320 e. The summed E-state index contributed by atoms with van der Waals surface area (Å²) in [6.07, 6.45) is 0. The Morgan fingerprint density at radius 1 is 0.957 bits per heavy atom. The summed E-state index contributed by atoms with van der Waals surface area (Å²) in [5.74, 6) is -0.0945. The van der Waals surface area contributed by atoms with Gasteiger partial charge in [0.05, 0.1) is 31.8 Å². The second kappa shape index (κ2) is 3.48. The van der Waals surface area contributed by atoms with E-state index in [1.165, 1.54) is 14.2 Å². The van der Waals surface area contributed by atoms with Gasteiger partial charge >= 0.3 is 11.9 Å². The lowest BCUT2D eigenvalue weighted by molar-refractivity contribution is -0.450. The molecular weight excluding hydrogens is 368 g/mol. The average molecular weight is 385 g/mol. The van der Waals surface area contributed by atoms with E-state index in [9.17, 15) is 9.59 Å². The first-order valence-corrected chi connectivity index (χ1v) is 8.95. The van der Waals surface area contributed by atoms with E-state index in [1.54, 1.807) is 0 Å². The highest BCUT2D eigenvalue weighted by Crippen LogP contribution is 3.05. The first-order valence-electron chi connectivity index (χ1n) is 8.16. The number of esters is 2. The predicted octanol–water partition coefficient (Wildman–Crippen LogP) is 0.577. The highest BCUT2D eigenvalue weighted by molar-refractivity contribution is 9.10. The highest BCUT2D eigenvalue weighted by atomic mass is 79.9. The number of carbonyl (C=O) groups excluding carboxylic acids is 2.